The van der Waals surface area contributed by atoms with Gasteiger partial charge < -0.3 is 4.84 Å². The number of rotatable bonds is 4. The molecule has 1 fully saturated rings. The van der Waals surface area contributed by atoms with E-state index in [-0.39, 0.29) is 24.1 Å². The third-order valence-electron chi connectivity index (χ3n) is 3.69. The van der Waals surface area contributed by atoms with Crippen molar-refractivity contribution < 1.29 is 18.8 Å². The van der Waals surface area contributed by atoms with Crippen molar-refractivity contribution in [2.75, 3.05) is 32.7 Å². The van der Waals surface area contributed by atoms with E-state index in [4.69, 9.17) is 4.84 Å². The van der Waals surface area contributed by atoms with Crippen molar-refractivity contribution in [2.24, 2.45) is 5.41 Å². The fourth-order valence-electron chi connectivity index (χ4n) is 2.16. The summed E-state index contributed by atoms with van der Waals surface area (Å²) in [5.41, 5.74) is -0.0247. The Morgan fingerprint density at radius 2 is 1.65 bits per heavy atom. The average Bonchev–Trinajstić information content (AvgIpc) is 2.49. The van der Waals surface area contributed by atoms with Crippen LogP contribution in [-0.2, 0) is 9.63 Å². The fraction of sp³-hybridized carbons (Fsp3) is 0.529. The highest BCUT2D eigenvalue weighted by atomic mass is 19.1. The second-order valence-corrected chi connectivity index (χ2v) is 6.76. The van der Waals surface area contributed by atoms with E-state index >= 15 is 0 Å². The van der Waals surface area contributed by atoms with Crippen LogP contribution in [0, 0.1) is 11.2 Å². The van der Waals surface area contributed by atoms with Crippen LogP contribution in [0.4, 0.5) is 4.39 Å². The molecule has 1 aliphatic rings. The number of nitrogens with zero attached hydrogens (tertiary/aromatic N) is 2. The minimum absolute atomic E-state index is 0.0369. The zero-order chi connectivity index (χ0) is 17.0. The van der Waals surface area contributed by atoms with Gasteiger partial charge in [0.05, 0.1) is 12.0 Å². The normalized spacial score (nSPS) is 17.0. The number of piperazine rings is 1. The maximum Gasteiger partial charge on any atom is 0.330 e. The van der Waals surface area contributed by atoms with Crippen LogP contribution in [0.5, 0.6) is 0 Å². The van der Waals surface area contributed by atoms with Gasteiger partial charge in [-0.3, -0.25) is 9.69 Å². The van der Waals surface area contributed by atoms with Gasteiger partial charge in [-0.1, -0.05) is 0 Å². The molecule has 1 aromatic rings. The monoisotopic (exact) mass is 322 g/mol. The van der Waals surface area contributed by atoms with E-state index in [1.807, 2.05) is 25.7 Å². The number of carbonyl (C=O) groups excluding carboxylic acids is 2. The summed E-state index contributed by atoms with van der Waals surface area (Å²) in [6.07, 6.45) is 0. The topological polar surface area (TPSA) is 49.9 Å². The summed E-state index contributed by atoms with van der Waals surface area (Å²) < 4.78 is 12.9. The van der Waals surface area contributed by atoms with E-state index in [1.54, 1.807) is 5.06 Å². The lowest BCUT2D eigenvalue weighted by Gasteiger charge is -2.34. The van der Waals surface area contributed by atoms with Crippen LogP contribution < -0.4 is 0 Å². The average molecular weight is 322 g/mol. The minimum atomic E-state index is -0.532. The molecule has 5 nitrogen and oxygen atoms in total. The highest BCUT2D eigenvalue weighted by molar-refractivity contribution is 5.97. The lowest BCUT2D eigenvalue weighted by atomic mass is 9.98. The van der Waals surface area contributed by atoms with Gasteiger partial charge in [0.25, 0.3) is 0 Å². The lowest BCUT2D eigenvalue weighted by molar-refractivity contribution is -0.206. The Morgan fingerprint density at radius 1 is 1.09 bits per heavy atom. The predicted molar refractivity (Wildman–Crippen MR) is 84.3 cm³/mol. The molecule has 1 aromatic carbocycles. The molecule has 0 aliphatic carbocycles. The predicted octanol–water partition coefficient (Wildman–Crippen LogP) is 2.13. The second kappa shape index (κ2) is 7.19. The number of benzene rings is 1. The molecule has 0 bridgehead atoms. The molecule has 23 heavy (non-hydrogen) atoms. The first-order valence-corrected chi connectivity index (χ1v) is 7.74. The first-order valence-electron chi connectivity index (χ1n) is 7.74. The van der Waals surface area contributed by atoms with E-state index in [0.29, 0.717) is 31.7 Å². The first kappa shape index (κ1) is 17.6. The number of carbonyl (C=O) groups is 2. The maximum absolute atomic E-state index is 12.9. The van der Waals surface area contributed by atoms with Crippen LogP contribution >= 0.6 is 0 Å². The van der Waals surface area contributed by atoms with Crippen LogP contribution in [0.3, 0.4) is 0 Å². The third-order valence-corrected chi connectivity index (χ3v) is 3.69. The third kappa shape index (κ3) is 5.11. The molecule has 6 heteroatoms. The largest absolute Gasteiger partial charge is 0.367 e. The smallest absolute Gasteiger partial charge is 0.330 e. The molecule has 2 rings (SSSR count). The van der Waals surface area contributed by atoms with Gasteiger partial charge in [-0.05, 0) is 45.0 Å². The molecule has 1 saturated heterocycles. The van der Waals surface area contributed by atoms with Crippen molar-refractivity contribution in [3.8, 4) is 0 Å². The highest BCUT2D eigenvalue weighted by Crippen LogP contribution is 2.17. The summed E-state index contributed by atoms with van der Waals surface area (Å²) in [6, 6.07) is 5.58. The van der Waals surface area contributed by atoms with Crippen LogP contribution in [-0.4, -0.2) is 54.4 Å². The number of hydrogen-bond acceptors (Lipinski definition) is 5. The van der Waals surface area contributed by atoms with Gasteiger partial charge in [-0.15, -0.1) is 5.06 Å². The molecule has 0 saturated carbocycles. The summed E-state index contributed by atoms with van der Waals surface area (Å²) in [7, 11) is 0. The summed E-state index contributed by atoms with van der Waals surface area (Å²) in [5.74, 6) is -0.644. The molecule has 126 valence electrons. The Bertz CT molecular complexity index is 558. The van der Waals surface area contributed by atoms with E-state index in [1.165, 1.54) is 24.3 Å². The SMILES string of the molecule is CC(C)(C)C(=O)ON1CCN(CC(=O)c2ccc(F)cc2)CC1. The van der Waals surface area contributed by atoms with E-state index < -0.39 is 5.41 Å². The van der Waals surface area contributed by atoms with Crippen LogP contribution in [0.2, 0.25) is 0 Å². The molecule has 0 unspecified atom stereocenters. The standard InChI is InChI=1S/C17H23FN2O3/c1-17(2,3)16(22)23-20-10-8-19(9-11-20)12-15(21)13-4-6-14(18)7-5-13/h4-7H,8-12H2,1-3H3. The van der Waals surface area contributed by atoms with E-state index in [2.05, 4.69) is 0 Å². The van der Waals surface area contributed by atoms with Crippen LogP contribution in [0.1, 0.15) is 31.1 Å². The van der Waals surface area contributed by atoms with Gasteiger partial charge in [-0.25, -0.2) is 9.18 Å². The number of Topliss-reactive ketones (excluding diaryl/α,β-unsaturated/α-hetero) is 1. The summed E-state index contributed by atoms with van der Waals surface area (Å²) in [4.78, 5) is 31.3. The van der Waals surface area contributed by atoms with Crippen LogP contribution in [0.25, 0.3) is 0 Å². The van der Waals surface area contributed by atoms with Crippen molar-refractivity contribution in [1.29, 1.82) is 0 Å². The molecule has 0 atom stereocenters. The van der Waals surface area contributed by atoms with Crippen molar-refractivity contribution >= 4 is 11.8 Å². The van der Waals surface area contributed by atoms with Gasteiger partial charge in [0.15, 0.2) is 5.78 Å². The first-order chi connectivity index (χ1) is 10.8. The second-order valence-electron chi connectivity index (χ2n) is 6.76. The Morgan fingerprint density at radius 3 is 2.17 bits per heavy atom. The summed E-state index contributed by atoms with van der Waals surface area (Å²) in [5, 5.41) is 1.65. The highest BCUT2D eigenvalue weighted by Gasteiger charge is 2.28. The molecule has 0 aromatic heterocycles. The molecular weight excluding hydrogens is 299 g/mol. The van der Waals surface area contributed by atoms with Crippen LogP contribution in [0.15, 0.2) is 24.3 Å². The van der Waals surface area contributed by atoms with Gasteiger partial charge in [0, 0.05) is 31.7 Å². The van der Waals surface area contributed by atoms with E-state index in [9.17, 15) is 14.0 Å². The zero-order valence-electron chi connectivity index (χ0n) is 13.8. The van der Waals surface area contributed by atoms with Gasteiger partial charge in [0.2, 0.25) is 0 Å². The zero-order valence-corrected chi connectivity index (χ0v) is 13.8. The Kier molecular flexibility index (Phi) is 5.49. The fourth-order valence-corrected chi connectivity index (χ4v) is 2.16. The molecule has 1 heterocycles. The van der Waals surface area contributed by atoms with Gasteiger partial charge >= 0.3 is 5.97 Å². The number of hydroxylamine groups is 2. The van der Waals surface area contributed by atoms with Gasteiger partial charge in [0.1, 0.15) is 5.82 Å². The van der Waals surface area contributed by atoms with Crippen molar-refractivity contribution in [3.63, 3.8) is 0 Å². The quantitative estimate of drug-likeness (QED) is 0.795. The summed E-state index contributed by atoms with van der Waals surface area (Å²) in [6.45, 7) is 8.14. The molecule has 0 amide bonds. The maximum atomic E-state index is 12.9. The van der Waals surface area contributed by atoms with E-state index in [0.717, 1.165) is 0 Å². The molecule has 0 spiro atoms. The Balaban J connectivity index is 1.79. The molecule has 1 aliphatic heterocycles. The number of ketones is 1. The van der Waals surface area contributed by atoms with Crippen molar-refractivity contribution in [2.45, 2.75) is 20.8 Å². The lowest BCUT2D eigenvalue weighted by Crippen LogP contribution is -2.49. The Hall–Kier alpha value is -1.79. The van der Waals surface area contributed by atoms with Gasteiger partial charge in [-0.2, -0.15) is 0 Å². The molecular formula is C17H23FN2O3. The Labute approximate surface area is 136 Å². The number of hydrogen-bond donors (Lipinski definition) is 0. The van der Waals surface area contributed by atoms with Crippen molar-refractivity contribution in [3.05, 3.63) is 35.6 Å². The molecule has 0 radical (unpaired) electrons. The number of halogens is 1. The summed E-state index contributed by atoms with van der Waals surface area (Å²) >= 11 is 0. The van der Waals surface area contributed by atoms with Crippen molar-refractivity contribution in [1.82, 2.24) is 9.96 Å². The molecule has 0 N–H and O–H groups in total. The minimum Gasteiger partial charge on any atom is -0.367 e.